The first kappa shape index (κ1) is 32.4. The number of carbonyl (C=O) groups excluding carboxylic acids is 2. The zero-order valence-corrected chi connectivity index (χ0v) is 27.0. The van der Waals surface area contributed by atoms with Gasteiger partial charge in [0.15, 0.2) is 11.6 Å². The van der Waals surface area contributed by atoms with E-state index in [4.69, 9.17) is 9.47 Å². The first-order valence-corrected chi connectivity index (χ1v) is 17.1. The van der Waals surface area contributed by atoms with Crippen molar-refractivity contribution < 1.29 is 27.8 Å². The topological polar surface area (TPSA) is 102 Å². The van der Waals surface area contributed by atoms with Gasteiger partial charge in [0.2, 0.25) is 11.8 Å². The number of benzene rings is 2. The number of aromatic nitrogens is 1. The molecule has 3 fully saturated rings. The number of fused-ring (bicyclic) bond motifs is 1. The van der Waals surface area contributed by atoms with Crippen LogP contribution >= 0.6 is 0 Å². The molecule has 2 aromatic carbocycles. The number of hydrogen-bond donors (Lipinski definition) is 3. The van der Waals surface area contributed by atoms with Crippen LogP contribution in [0.5, 0.6) is 11.5 Å². The third-order valence-corrected chi connectivity index (χ3v) is 10.2. The molecule has 3 aromatic rings. The van der Waals surface area contributed by atoms with E-state index in [-0.39, 0.29) is 29.9 Å². The van der Waals surface area contributed by atoms with Crippen LogP contribution in [0.15, 0.2) is 54.7 Å². The van der Waals surface area contributed by atoms with Crippen LogP contribution in [-0.4, -0.2) is 42.1 Å². The molecule has 3 N–H and O–H groups in total. The molecule has 2 unspecified atom stereocenters. The lowest BCUT2D eigenvalue weighted by atomic mass is 10.0. The summed E-state index contributed by atoms with van der Waals surface area (Å²) in [5, 5.41) is 10.7. The number of ether oxygens (including phenoxy) is 2. The van der Waals surface area contributed by atoms with Gasteiger partial charge in [-0.2, -0.15) is 0 Å². The van der Waals surface area contributed by atoms with E-state index in [9.17, 15) is 14.0 Å². The van der Waals surface area contributed by atoms with Gasteiger partial charge >= 0.3 is 0 Å². The number of rotatable bonds is 13. The van der Waals surface area contributed by atoms with Gasteiger partial charge in [-0.25, -0.2) is 8.78 Å². The Morgan fingerprint density at radius 3 is 2.48 bits per heavy atom. The van der Waals surface area contributed by atoms with Gasteiger partial charge in [0, 0.05) is 47.9 Å². The summed E-state index contributed by atoms with van der Waals surface area (Å²) in [5.74, 6) is -1.21. The van der Waals surface area contributed by atoms with Crippen molar-refractivity contribution in [3.8, 4) is 11.5 Å². The van der Waals surface area contributed by atoms with E-state index in [1.807, 2.05) is 6.08 Å². The third-order valence-electron chi connectivity index (χ3n) is 10.2. The average molecular weight is 657 g/mol. The van der Waals surface area contributed by atoms with Crippen molar-refractivity contribution in [2.24, 2.45) is 10.8 Å². The SMILES string of the molecule is O=C(CC1(C(=O)Nc2ccc(F)cc2)CC1)Nc1ccc(Oc2ccnc3c2=CCCC(OCCCNC2CCC4(CC4)C2)C=3)c(F)c1. The minimum absolute atomic E-state index is 0.0200. The molecule has 1 spiro atoms. The summed E-state index contributed by atoms with van der Waals surface area (Å²) in [6, 6.07) is 12.1. The van der Waals surface area contributed by atoms with Crippen LogP contribution in [0, 0.1) is 22.5 Å². The molecule has 3 saturated carbocycles. The van der Waals surface area contributed by atoms with Crippen molar-refractivity contribution in [2.45, 2.75) is 82.8 Å². The maximum Gasteiger partial charge on any atom is 0.231 e. The Hall–Kier alpha value is -4.15. The number of pyridine rings is 1. The maximum atomic E-state index is 15.2. The van der Waals surface area contributed by atoms with Crippen molar-refractivity contribution in [1.82, 2.24) is 10.3 Å². The molecule has 252 valence electrons. The summed E-state index contributed by atoms with van der Waals surface area (Å²) in [7, 11) is 0. The second-order valence-electron chi connectivity index (χ2n) is 13.9. The van der Waals surface area contributed by atoms with Gasteiger partial charge in [0.1, 0.15) is 11.6 Å². The molecule has 10 heteroatoms. The number of carbonyl (C=O) groups is 2. The monoisotopic (exact) mass is 656 g/mol. The van der Waals surface area contributed by atoms with E-state index in [0.717, 1.165) is 36.4 Å². The maximum absolute atomic E-state index is 15.2. The third kappa shape index (κ3) is 7.76. The molecule has 8 nitrogen and oxygen atoms in total. The van der Waals surface area contributed by atoms with Gasteiger partial charge in [0.25, 0.3) is 0 Å². The van der Waals surface area contributed by atoms with Gasteiger partial charge in [-0.1, -0.05) is 6.08 Å². The van der Waals surface area contributed by atoms with Crippen LogP contribution in [0.1, 0.15) is 70.6 Å². The fourth-order valence-electron chi connectivity index (χ4n) is 7.03. The molecule has 4 aliphatic rings. The normalized spacial score (nSPS) is 21.3. The fraction of sp³-hybridized carbons (Fsp3) is 0.447. The number of hydrogen-bond acceptors (Lipinski definition) is 6. The lowest BCUT2D eigenvalue weighted by molar-refractivity contribution is -0.126. The Labute approximate surface area is 279 Å². The number of amides is 2. The van der Waals surface area contributed by atoms with Gasteiger partial charge in [-0.15, -0.1) is 0 Å². The Morgan fingerprint density at radius 1 is 0.917 bits per heavy atom. The molecule has 0 radical (unpaired) electrons. The molecule has 0 bridgehead atoms. The quantitative estimate of drug-likeness (QED) is 0.197. The lowest BCUT2D eigenvalue weighted by Crippen LogP contribution is -2.30. The van der Waals surface area contributed by atoms with Crippen LogP contribution in [0.2, 0.25) is 0 Å². The van der Waals surface area contributed by atoms with Gasteiger partial charge < -0.3 is 25.4 Å². The van der Waals surface area contributed by atoms with E-state index < -0.39 is 23.0 Å². The standard InChI is InChI=1S/C38H42F2N4O4/c39-25-5-7-26(8-6-25)44-36(46)38(16-17-38)24-35(45)43-27-9-10-34(31(40)21-27)48-33-12-19-42-32-22-29(3-1-4-30(32)33)47-20-2-18-41-28-11-13-37(23-28)14-15-37/h4-10,12,19,21-22,28-29,41H,1-3,11,13-18,20,23-24H2,(H,43,45)(H,44,46). The largest absolute Gasteiger partial charge is 0.454 e. The molecule has 1 heterocycles. The molecular weight excluding hydrogens is 614 g/mol. The molecule has 1 aromatic heterocycles. The Balaban J connectivity index is 0.916. The number of halogens is 2. The predicted octanol–water partition coefficient (Wildman–Crippen LogP) is 5.95. The first-order valence-electron chi connectivity index (χ1n) is 17.1. The van der Waals surface area contributed by atoms with Crippen LogP contribution < -0.4 is 31.3 Å². The summed E-state index contributed by atoms with van der Waals surface area (Å²) < 4.78 is 40.7. The van der Waals surface area contributed by atoms with Gasteiger partial charge in [-0.05, 0) is 125 Å². The van der Waals surface area contributed by atoms with Crippen LogP contribution in [0.3, 0.4) is 0 Å². The van der Waals surface area contributed by atoms with E-state index in [1.165, 1.54) is 68.5 Å². The van der Waals surface area contributed by atoms with Crippen molar-refractivity contribution in [2.75, 3.05) is 23.8 Å². The highest BCUT2D eigenvalue weighted by molar-refractivity contribution is 6.02. The van der Waals surface area contributed by atoms with Crippen LogP contribution in [0.25, 0.3) is 12.2 Å². The summed E-state index contributed by atoms with van der Waals surface area (Å²) in [5.41, 5.74) is 0.581. The number of nitrogens with zero attached hydrogens (tertiary/aromatic N) is 1. The smallest absolute Gasteiger partial charge is 0.231 e. The van der Waals surface area contributed by atoms with E-state index in [1.54, 1.807) is 18.3 Å². The van der Waals surface area contributed by atoms with E-state index >= 15 is 4.39 Å². The number of nitrogens with one attached hydrogen (secondary N) is 3. The van der Waals surface area contributed by atoms with E-state index in [2.05, 4.69) is 27.0 Å². The summed E-state index contributed by atoms with van der Waals surface area (Å²) in [6.45, 7) is 1.65. The van der Waals surface area contributed by atoms with Crippen molar-refractivity contribution >= 4 is 35.3 Å². The summed E-state index contributed by atoms with van der Waals surface area (Å²) >= 11 is 0. The van der Waals surface area contributed by atoms with Crippen LogP contribution in [0.4, 0.5) is 20.2 Å². The van der Waals surface area contributed by atoms with Gasteiger partial charge in [0.05, 0.1) is 16.9 Å². The average Bonchev–Trinajstić information content (AvgIpc) is 3.98. The zero-order valence-electron chi connectivity index (χ0n) is 27.0. The first-order chi connectivity index (χ1) is 23.3. The molecule has 48 heavy (non-hydrogen) atoms. The molecule has 0 saturated heterocycles. The Kier molecular flexibility index (Phi) is 9.29. The second-order valence-corrected chi connectivity index (χ2v) is 13.9. The van der Waals surface area contributed by atoms with E-state index in [0.29, 0.717) is 42.3 Å². The highest BCUT2D eigenvalue weighted by Crippen LogP contribution is 2.57. The minimum Gasteiger partial charge on any atom is -0.454 e. The minimum atomic E-state index is -0.831. The zero-order chi connectivity index (χ0) is 33.1. The second kappa shape index (κ2) is 13.8. The fourth-order valence-corrected chi connectivity index (χ4v) is 7.03. The van der Waals surface area contributed by atoms with Crippen molar-refractivity contribution in [3.63, 3.8) is 0 Å². The summed E-state index contributed by atoms with van der Waals surface area (Å²) in [4.78, 5) is 30.2. The molecule has 4 aliphatic carbocycles. The summed E-state index contributed by atoms with van der Waals surface area (Å²) in [6.07, 6.45) is 16.1. The molecule has 7 rings (SSSR count). The predicted molar refractivity (Wildman–Crippen MR) is 180 cm³/mol. The Morgan fingerprint density at radius 2 is 1.73 bits per heavy atom. The highest BCUT2D eigenvalue weighted by atomic mass is 19.1. The lowest BCUT2D eigenvalue weighted by Gasteiger charge is -2.15. The molecular formula is C38H42F2N4O4. The van der Waals surface area contributed by atoms with Crippen LogP contribution in [-0.2, 0) is 14.3 Å². The van der Waals surface area contributed by atoms with Crippen molar-refractivity contribution in [3.05, 3.63) is 76.9 Å². The molecule has 2 atom stereocenters. The molecule has 2 amide bonds. The Bertz CT molecular complexity index is 1790. The van der Waals surface area contributed by atoms with Gasteiger partial charge in [-0.3, -0.25) is 14.6 Å². The highest BCUT2D eigenvalue weighted by Gasteiger charge is 2.51. The number of anilines is 2. The van der Waals surface area contributed by atoms with Crippen molar-refractivity contribution in [1.29, 1.82) is 0 Å². The molecule has 0 aliphatic heterocycles.